The van der Waals surface area contributed by atoms with E-state index in [9.17, 15) is 4.79 Å². The first kappa shape index (κ1) is 15.1. The molecule has 1 atom stereocenters. The second-order valence-electron chi connectivity index (χ2n) is 4.41. The number of nitrogens with one attached hydrogen (secondary N) is 2. The van der Waals surface area contributed by atoms with Crippen molar-refractivity contribution in [1.29, 1.82) is 0 Å². The smallest absolute Gasteiger partial charge is 0.239 e. The molecule has 0 bridgehead atoms. The number of rotatable bonds is 7. The van der Waals surface area contributed by atoms with Gasteiger partial charge in [-0.2, -0.15) is 5.10 Å². The number of nitrogens with zero attached hydrogens (tertiary/aromatic N) is 4. The van der Waals surface area contributed by atoms with E-state index in [1.165, 1.54) is 12.4 Å². The van der Waals surface area contributed by atoms with E-state index in [4.69, 9.17) is 4.74 Å². The van der Waals surface area contributed by atoms with Crippen LogP contribution in [0.1, 0.15) is 11.7 Å². The zero-order valence-corrected chi connectivity index (χ0v) is 12.0. The number of hydrogen-bond donors (Lipinski definition) is 2. The van der Waals surface area contributed by atoms with Crippen molar-refractivity contribution in [2.75, 3.05) is 25.6 Å². The lowest BCUT2D eigenvalue weighted by molar-refractivity contribution is -0.115. The van der Waals surface area contributed by atoms with Gasteiger partial charge in [0.2, 0.25) is 5.91 Å². The monoisotopic (exact) mass is 290 g/mol. The van der Waals surface area contributed by atoms with Gasteiger partial charge in [-0.25, -0.2) is 4.98 Å². The molecule has 112 valence electrons. The second-order valence-corrected chi connectivity index (χ2v) is 4.41. The zero-order chi connectivity index (χ0) is 15.1. The number of carbonyl (C=O) groups excluding carboxylic acids is 1. The van der Waals surface area contributed by atoms with Gasteiger partial charge in [0.05, 0.1) is 31.1 Å². The Hall–Kier alpha value is -2.32. The normalized spacial score (nSPS) is 12.1. The van der Waals surface area contributed by atoms with Crippen molar-refractivity contribution in [1.82, 2.24) is 25.1 Å². The van der Waals surface area contributed by atoms with Gasteiger partial charge in [0.25, 0.3) is 0 Å². The summed E-state index contributed by atoms with van der Waals surface area (Å²) in [6, 6.07) is 1.77. The lowest BCUT2D eigenvalue weighted by atomic mass is 10.2. The van der Waals surface area contributed by atoms with Gasteiger partial charge in [0, 0.05) is 32.7 Å². The van der Waals surface area contributed by atoms with E-state index in [0.29, 0.717) is 12.4 Å². The summed E-state index contributed by atoms with van der Waals surface area (Å²) in [7, 11) is 3.46. The summed E-state index contributed by atoms with van der Waals surface area (Å²) in [4.78, 5) is 19.7. The number of methoxy groups -OCH3 is 1. The highest BCUT2D eigenvalue weighted by atomic mass is 16.5. The van der Waals surface area contributed by atoms with E-state index in [1.54, 1.807) is 24.2 Å². The lowest BCUT2D eigenvalue weighted by Crippen LogP contribution is -2.34. The quantitative estimate of drug-likeness (QED) is 0.752. The zero-order valence-electron chi connectivity index (χ0n) is 12.0. The van der Waals surface area contributed by atoms with Crippen molar-refractivity contribution in [3.8, 4) is 0 Å². The van der Waals surface area contributed by atoms with Crippen molar-refractivity contribution in [3.05, 3.63) is 36.5 Å². The van der Waals surface area contributed by atoms with Crippen LogP contribution in [0.25, 0.3) is 0 Å². The Morgan fingerprint density at radius 2 is 2.29 bits per heavy atom. The van der Waals surface area contributed by atoms with Gasteiger partial charge in [-0.15, -0.1) is 0 Å². The Morgan fingerprint density at radius 3 is 2.90 bits per heavy atom. The fourth-order valence-corrected chi connectivity index (χ4v) is 1.91. The molecule has 1 amide bonds. The number of aromatic nitrogens is 4. The summed E-state index contributed by atoms with van der Waals surface area (Å²) in [5.41, 5.74) is 0.948. The van der Waals surface area contributed by atoms with Crippen molar-refractivity contribution in [3.63, 3.8) is 0 Å². The molecule has 0 fully saturated rings. The Kier molecular flexibility index (Phi) is 5.35. The summed E-state index contributed by atoms with van der Waals surface area (Å²) >= 11 is 0. The molecule has 21 heavy (non-hydrogen) atoms. The Morgan fingerprint density at radius 1 is 1.43 bits per heavy atom. The maximum atomic E-state index is 11.9. The molecule has 2 N–H and O–H groups in total. The van der Waals surface area contributed by atoms with E-state index < -0.39 is 0 Å². The van der Waals surface area contributed by atoms with Gasteiger partial charge in [-0.3, -0.25) is 19.8 Å². The standard InChI is InChI=1S/C13H18N6O2/c1-19-11(3-4-17-19)10(9-21-2)16-8-13(20)18-12-7-14-5-6-15-12/h3-7,10,16H,8-9H2,1-2H3,(H,15,18,20)/t10-/m0/s1. The summed E-state index contributed by atoms with van der Waals surface area (Å²) in [6.07, 6.45) is 6.27. The van der Waals surface area contributed by atoms with Gasteiger partial charge < -0.3 is 10.1 Å². The van der Waals surface area contributed by atoms with Crippen LogP contribution in [0.2, 0.25) is 0 Å². The Bertz CT molecular complexity index is 571. The summed E-state index contributed by atoms with van der Waals surface area (Å²) in [6.45, 7) is 0.577. The molecular weight excluding hydrogens is 272 g/mol. The molecule has 0 radical (unpaired) electrons. The Labute approximate surface area is 122 Å². The maximum Gasteiger partial charge on any atom is 0.239 e. The van der Waals surface area contributed by atoms with Crippen molar-refractivity contribution < 1.29 is 9.53 Å². The molecule has 8 nitrogen and oxygen atoms in total. The fourth-order valence-electron chi connectivity index (χ4n) is 1.91. The highest BCUT2D eigenvalue weighted by Crippen LogP contribution is 2.11. The first-order valence-electron chi connectivity index (χ1n) is 6.46. The third-order valence-electron chi connectivity index (χ3n) is 2.89. The summed E-state index contributed by atoms with van der Waals surface area (Å²) in [5.74, 6) is 0.229. The molecule has 0 unspecified atom stereocenters. The molecule has 0 aliphatic heterocycles. The second kappa shape index (κ2) is 7.46. The molecule has 0 aliphatic rings. The van der Waals surface area contributed by atoms with Crippen LogP contribution in [0.15, 0.2) is 30.9 Å². The third-order valence-corrected chi connectivity index (χ3v) is 2.89. The predicted molar refractivity (Wildman–Crippen MR) is 76.5 cm³/mol. The van der Waals surface area contributed by atoms with Crippen LogP contribution in [0.3, 0.4) is 0 Å². The minimum absolute atomic E-state index is 0.116. The number of amides is 1. The molecule has 0 spiro atoms. The SMILES string of the molecule is COC[C@H](NCC(=O)Nc1cnccn1)c1ccnn1C. The number of anilines is 1. The van der Waals surface area contributed by atoms with Gasteiger partial charge in [-0.1, -0.05) is 0 Å². The number of hydrogen-bond acceptors (Lipinski definition) is 6. The molecular formula is C13H18N6O2. The minimum Gasteiger partial charge on any atom is -0.383 e. The molecule has 2 heterocycles. The van der Waals surface area contributed by atoms with E-state index >= 15 is 0 Å². The predicted octanol–water partition coefficient (Wildman–Crippen LogP) is 0.126. The molecule has 2 aromatic heterocycles. The maximum absolute atomic E-state index is 11.9. The number of carbonyl (C=O) groups is 1. The number of aryl methyl sites for hydroxylation is 1. The first-order valence-corrected chi connectivity index (χ1v) is 6.46. The van der Waals surface area contributed by atoms with Crippen molar-refractivity contribution in [2.24, 2.45) is 7.05 Å². The molecule has 2 rings (SSSR count). The van der Waals surface area contributed by atoms with Crippen LogP contribution in [-0.4, -0.2) is 45.9 Å². The van der Waals surface area contributed by atoms with E-state index in [2.05, 4.69) is 25.7 Å². The molecule has 0 aromatic carbocycles. The molecule has 0 saturated heterocycles. The van der Waals surface area contributed by atoms with Gasteiger partial charge in [-0.05, 0) is 6.07 Å². The summed E-state index contributed by atoms with van der Waals surface area (Å²) in [5, 5.41) is 9.92. The minimum atomic E-state index is -0.196. The van der Waals surface area contributed by atoms with Gasteiger partial charge >= 0.3 is 0 Å². The first-order chi connectivity index (χ1) is 10.2. The largest absolute Gasteiger partial charge is 0.383 e. The fraction of sp³-hybridized carbons (Fsp3) is 0.385. The Balaban J connectivity index is 1.90. The highest BCUT2D eigenvalue weighted by molar-refractivity contribution is 5.91. The average molecular weight is 290 g/mol. The van der Waals surface area contributed by atoms with Gasteiger partial charge in [0.15, 0.2) is 5.82 Å². The van der Waals surface area contributed by atoms with Crippen LogP contribution in [0.5, 0.6) is 0 Å². The van der Waals surface area contributed by atoms with E-state index in [-0.39, 0.29) is 18.5 Å². The van der Waals surface area contributed by atoms with Crippen molar-refractivity contribution in [2.45, 2.75) is 6.04 Å². The average Bonchev–Trinajstić information content (AvgIpc) is 2.90. The third kappa shape index (κ3) is 4.33. The molecule has 0 saturated carbocycles. The topological polar surface area (TPSA) is 94.0 Å². The lowest BCUT2D eigenvalue weighted by Gasteiger charge is -2.17. The van der Waals surface area contributed by atoms with Crippen LogP contribution in [0, 0.1) is 0 Å². The van der Waals surface area contributed by atoms with Crippen LogP contribution >= 0.6 is 0 Å². The van der Waals surface area contributed by atoms with Crippen LogP contribution in [0.4, 0.5) is 5.82 Å². The van der Waals surface area contributed by atoms with E-state index in [0.717, 1.165) is 5.69 Å². The van der Waals surface area contributed by atoms with Crippen LogP contribution < -0.4 is 10.6 Å². The van der Waals surface area contributed by atoms with Crippen LogP contribution in [-0.2, 0) is 16.6 Å². The highest BCUT2D eigenvalue weighted by Gasteiger charge is 2.15. The molecule has 0 aliphatic carbocycles. The van der Waals surface area contributed by atoms with E-state index in [1.807, 2.05) is 13.1 Å². The van der Waals surface area contributed by atoms with Gasteiger partial charge in [0.1, 0.15) is 0 Å². The summed E-state index contributed by atoms with van der Waals surface area (Å²) < 4.78 is 6.92. The molecule has 2 aromatic rings. The molecule has 8 heteroatoms. The number of ether oxygens (including phenoxy) is 1. The van der Waals surface area contributed by atoms with Crippen molar-refractivity contribution >= 4 is 11.7 Å².